The first-order valence-corrected chi connectivity index (χ1v) is 11.8. The Kier molecular flexibility index (Phi) is 7.82. The molecule has 1 spiro atoms. The molecule has 0 bridgehead atoms. The molecule has 3 heterocycles. The molecule has 1 unspecified atom stereocenters. The summed E-state index contributed by atoms with van der Waals surface area (Å²) in [6.07, 6.45) is 5.01. The van der Waals surface area contributed by atoms with Gasteiger partial charge in [-0.25, -0.2) is 4.79 Å². The summed E-state index contributed by atoms with van der Waals surface area (Å²) in [5.41, 5.74) is 0.519. The first-order chi connectivity index (χ1) is 16.1. The zero-order valence-electron chi connectivity index (χ0n) is 19.5. The van der Waals surface area contributed by atoms with E-state index >= 15 is 0 Å². The van der Waals surface area contributed by atoms with Gasteiger partial charge in [0.15, 0.2) is 5.82 Å². The van der Waals surface area contributed by atoms with Gasteiger partial charge in [-0.1, -0.05) is 17.3 Å². The van der Waals surface area contributed by atoms with Crippen molar-refractivity contribution in [3.05, 3.63) is 36.0 Å². The molecule has 9 nitrogen and oxygen atoms in total. The van der Waals surface area contributed by atoms with E-state index < -0.39 is 0 Å². The minimum atomic E-state index is -0.179. The lowest BCUT2D eigenvalue weighted by atomic mass is 9.78. The highest BCUT2D eigenvalue weighted by Crippen LogP contribution is 2.39. The Morgan fingerprint density at radius 2 is 2.12 bits per heavy atom. The van der Waals surface area contributed by atoms with Crippen LogP contribution in [0.15, 0.2) is 28.8 Å². The Hall–Kier alpha value is -2.65. The Morgan fingerprint density at radius 1 is 1.30 bits per heavy atom. The van der Waals surface area contributed by atoms with Crippen LogP contribution in [0.4, 0.5) is 10.5 Å². The number of rotatable bonds is 8. The van der Waals surface area contributed by atoms with Crippen LogP contribution in [0.3, 0.4) is 0 Å². The van der Waals surface area contributed by atoms with Crippen LogP contribution in [0.2, 0.25) is 0 Å². The molecule has 0 aliphatic carbocycles. The maximum Gasteiger partial charge on any atom is 0.321 e. The second kappa shape index (κ2) is 11.0. The predicted octanol–water partition coefficient (Wildman–Crippen LogP) is 3.69. The number of aromatic nitrogens is 2. The number of anilines is 1. The van der Waals surface area contributed by atoms with Gasteiger partial charge in [0.2, 0.25) is 5.89 Å². The van der Waals surface area contributed by atoms with E-state index in [4.69, 9.17) is 18.7 Å². The molecule has 2 fully saturated rings. The molecule has 2 aliphatic heterocycles. The van der Waals surface area contributed by atoms with Crippen LogP contribution in [0, 0.1) is 5.92 Å². The van der Waals surface area contributed by atoms with Crippen LogP contribution in [0.25, 0.3) is 0 Å². The molecule has 1 aromatic carbocycles. The minimum absolute atomic E-state index is 0.0983. The van der Waals surface area contributed by atoms with E-state index in [0.29, 0.717) is 61.8 Å². The van der Waals surface area contributed by atoms with Gasteiger partial charge in [-0.3, -0.25) is 0 Å². The maximum absolute atomic E-state index is 12.9. The summed E-state index contributed by atoms with van der Waals surface area (Å²) in [6.45, 7) is 5.12. The summed E-state index contributed by atoms with van der Waals surface area (Å²) in [7, 11) is 1.66. The molecular weight excluding hydrogens is 424 g/mol. The fourth-order valence-electron chi connectivity index (χ4n) is 4.73. The van der Waals surface area contributed by atoms with Crippen LogP contribution < -0.4 is 10.1 Å². The van der Waals surface area contributed by atoms with Gasteiger partial charge in [-0.15, -0.1) is 0 Å². The average Bonchev–Trinajstić information content (AvgIpc) is 3.27. The van der Waals surface area contributed by atoms with Gasteiger partial charge in [0, 0.05) is 39.6 Å². The zero-order valence-corrected chi connectivity index (χ0v) is 19.5. The van der Waals surface area contributed by atoms with Crippen molar-refractivity contribution in [2.24, 2.45) is 5.92 Å². The second-order valence-electron chi connectivity index (χ2n) is 8.79. The van der Waals surface area contributed by atoms with Crippen molar-refractivity contribution in [3.63, 3.8) is 0 Å². The second-order valence-corrected chi connectivity index (χ2v) is 8.79. The molecule has 2 aromatic rings. The number of carbonyl (C=O) groups is 1. The molecule has 9 heteroatoms. The van der Waals surface area contributed by atoms with Gasteiger partial charge >= 0.3 is 6.03 Å². The highest BCUT2D eigenvalue weighted by Gasteiger charge is 2.41. The van der Waals surface area contributed by atoms with Gasteiger partial charge in [0.05, 0.1) is 24.5 Å². The molecule has 2 amide bonds. The van der Waals surface area contributed by atoms with E-state index in [1.165, 1.54) is 0 Å². The van der Waals surface area contributed by atoms with Gasteiger partial charge in [0.25, 0.3) is 0 Å². The number of methoxy groups -OCH3 is 1. The smallest absolute Gasteiger partial charge is 0.321 e. The van der Waals surface area contributed by atoms with Gasteiger partial charge < -0.3 is 29.0 Å². The summed E-state index contributed by atoms with van der Waals surface area (Å²) in [4.78, 5) is 19.2. The molecule has 2 aliphatic rings. The van der Waals surface area contributed by atoms with Gasteiger partial charge in [-0.05, 0) is 50.7 Å². The number of nitrogens with one attached hydrogen (secondary N) is 1. The van der Waals surface area contributed by atoms with E-state index in [-0.39, 0.29) is 11.6 Å². The summed E-state index contributed by atoms with van der Waals surface area (Å²) in [6, 6.07) is 7.42. The average molecular weight is 459 g/mol. The lowest BCUT2D eigenvalue weighted by molar-refractivity contribution is -0.123. The number of nitrogens with zero attached hydrogens (tertiary/aromatic N) is 3. The largest absolute Gasteiger partial charge is 0.492 e. The van der Waals surface area contributed by atoms with Crippen LogP contribution in [-0.2, 0) is 22.3 Å². The molecule has 4 rings (SSSR count). The number of ether oxygens (including phenoxy) is 3. The third-order valence-electron chi connectivity index (χ3n) is 6.49. The Labute approximate surface area is 194 Å². The number of piperidine rings is 1. The Balaban J connectivity index is 1.29. The van der Waals surface area contributed by atoms with E-state index in [9.17, 15) is 4.79 Å². The molecule has 1 atom stereocenters. The summed E-state index contributed by atoms with van der Waals surface area (Å²) < 4.78 is 22.4. The Morgan fingerprint density at radius 3 is 2.91 bits per heavy atom. The number of urea groups is 1. The fourth-order valence-corrected chi connectivity index (χ4v) is 4.73. The van der Waals surface area contributed by atoms with Crippen molar-refractivity contribution < 1.29 is 23.5 Å². The number of amides is 2. The van der Waals surface area contributed by atoms with Crippen LogP contribution in [-0.4, -0.2) is 66.7 Å². The lowest BCUT2D eigenvalue weighted by Gasteiger charge is -2.46. The predicted molar refractivity (Wildman–Crippen MR) is 122 cm³/mol. The number of hydrogen-bond acceptors (Lipinski definition) is 7. The summed E-state index contributed by atoms with van der Waals surface area (Å²) in [5.74, 6) is 2.51. The van der Waals surface area contributed by atoms with Crippen molar-refractivity contribution in [1.82, 2.24) is 15.0 Å². The van der Waals surface area contributed by atoms with Crippen molar-refractivity contribution in [2.45, 2.75) is 51.0 Å². The van der Waals surface area contributed by atoms with Gasteiger partial charge in [0.1, 0.15) is 5.75 Å². The van der Waals surface area contributed by atoms with E-state index in [2.05, 4.69) is 15.5 Å². The monoisotopic (exact) mass is 458 g/mol. The number of benzene rings is 1. The molecule has 0 saturated carbocycles. The van der Waals surface area contributed by atoms with Crippen LogP contribution >= 0.6 is 0 Å². The first kappa shape index (κ1) is 23.5. The third-order valence-corrected chi connectivity index (χ3v) is 6.49. The van der Waals surface area contributed by atoms with Crippen molar-refractivity contribution in [1.29, 1.82) is 0 Å². The molecule has 33 heavy (non-hydrogen) atoms. The van der Waals surface area contributed by atoms with E-state index in [1.54, 1.807) is 7.11 Å². The quantitative estimate of drug-likeness (QED) is 0.644. The Bertz CT molecular complexity index is 910. The minimum Gasteiger partial charge on any atom is -0.492 e. The maximum atomic E-state index is 12.9. The van der Waals surface area contributed by atoms with Crippen LogP contribution in [0.1, 0.15) is 44.3 Å². The lowest BCUT2D eigenvalue weighted by Crippen LogP contribution is -2.51. The molecule has 2 saturated heterocycles. The van der Waals surface area contributed by atoms with Crippen molar-refractivity contribution in [2.75, 3.05) is 45.3 Å². The number of para-hydroxylation sites is 2. The van der Waals surface area contributed by atoms with Gasteiger partial charge in [-0.2, -0.15) is 4.98 Å². The van der Waals surface area contributed by atoms with Crippen molar-refractivity contribution in [3.8, 4) is 5.75 Å². The molecule has 0 radical (unpaired) electrons. The topological polar surface area (TPSA) is 99.0 Å². The van der Waals surface area contributed by atoms with E-state index in [0.717, 1.165) is 38.7 Å². The fraction of sp³-hybridized carbons (Fsp3) is 0.625. The highest BCUT2D eigenvalue weighted by atomic mass is 16.5. The SMILES string of the molecule is CCOc1ccccc1NC(=O)N1CCC2(CC1)CC(Cc1nc(CCOC)no1)CCO2. The summed E-state index contributed by atoms with van der Waals surface area (Å²) in [5, 5.41) is 7.05. The zero-order chi connectivity index (χ0) is 23.1. The van der Waals surface area contributed by atoms with E-state index in [1.807, 2.05) is 36.1 Å². The summed E-state index contributed by atoms with van der Waals surface area (Å²) >= 11 is 0. The normalized spacial score (nSPS) is 20.1. The molecule has 1 aromatic heterocycles. The molecular formula is C24H34N4O5. The number of carbonyl (C=O) groups excluding carboxylic acids is 1. The number of likely N-dealkylation sites (tertiary alicyclic amines) is 1. The van der Waals surface area contributed by atoms with Crippen molar-refractivity contribution >= 4 is 11.7 Å². The first-order valence-electron chi connectivity index (χ1n) is 11.8. The molecule has 180 valence electrons. The third kappa shape index (κ3) is 6.03. The number of hydrogen-bond donors (Lipinski definition) is 1. The highest BCUT2D eigenvalue weighted by molar-refractivity contribution is 5.91. The standard InChI is InChI=1S/C24H34N4O5/c1-3-31-20-7-5-4-6-19(20)25-23(29)28-12-10-24(11-13-28)17-18(8-15-32-24)16-22-26-21(27-33-22)9-14-30-2/h4-7,18H,3,8-17H2,1-2H3,(H,25,29). The van der Waals surface area contributed by atoms with Crippen LogP contribution in [0.5, 0.6) is 5.75 Å². The molecule has 1 N–H and O–H groups in total.